The molecular weight excluding hydrogens is 475 g/mol. The van der Waals surface area contributed by atoms with E-state index in [1.807, 2.05) is 36.1 Å². The maximum Gasteiger partial charge on any atom is 0.274 e. The zero-order chi connectivity index (χ0) is 25.2. The second kappa shape index (κ2) is 10.1. The number of para-hydroxylation sites is 1. The van der Waals surface area contributed by atoms with E-state index in [2.05, 4.69) is 22.2 Å². The molecule has 0 bridgehead atoms. The lowest BCUT2D eigenvalue weighted by molar-refractivity contribution is 0.0503. The van der Waals surface area contributed by atoms with Crippen molar-refractivity contribution in [3.8, 4) is 10.4 Å². The molecule has 0 aliphatic carbocycles. The first-order valence-electron chi connectivity index (χ1n) is 12.1. The van der Waals surface area contributed by atoms with Crippen LogP contribution >= 0.6 is 11.3 Å². The lowest BCUT2D eigenvalue weighted by Crippen LogP contribution is -2.53. The summed E-state index contributed by atoms with van der Waals surface area (Å²) >= 11 is 1.43. The summed E-state index contributed by atoms with van der Waals surface area (Å²) in [4.78, 5) is 38.4. The average Bonchev–Trinajstić information content (AvgIpc) is 3.28. The van der Waals surface area contributed by atoms with Crippen molar-refractivity contribution in [3.63, 3.8) is 0 Å². The van der Waals surface area contributed by atoms with Crippen molar-refractivity contribution in [3.05, 3.63) is 82.9 Å². The van der Waals surface area contributed by atoms with Gasteiger partial charge < -0.3 is 10.2 Å². The van der Waals surface area contributed by atoms with E-state index in [9.17, 15) is 14.0 Å². The number of piperidine rings is 1. The Morgan fingerprint density at radius 2 is 1.92 bits per heavy atom. The van der Waals surface area contributed by atoms with Gasteiger partial charge in [0.1, 0.15) is 11.5 Å². The van der Waals surface area contributed by atoms with Gasteiger partial charge in [0.15, 0.2) is 0 Å². The number of aromatic nitrogens is 2. The Labute approximate surface area is 213 Å². The maximum atomic E-state index is 13.8. The summed E-state index contributed by atoms with van der Waals surface area (Å²) in [5.74, 6) is -0.477. The Morgan fingerprint density at radius 3 is 2.72 bits per heavy atom. The zero-order valence-electron chi connectivity index (χ0n) is 20.2. The third-order valence-corrected chi connectivity index (χ3v) is 7.79. The Bertz CT molecular complexity index is 1410. The van der Waals surface area contributed by atoms with Gasteiger partial charge in [-0.1, -0.05) is 37.3 Å². The van der Waals surface area contributed by atoms with Crippen LogP contribution in [0.25, 0.3) is 21.3 Å². The fourth-order valence-electron chi connectivity index (χ4n) is 4.90. The molecule has 1 saturated heterocycles. The molecule has 5 rings (SSSR count). The first-order valence-corrected chi connectivity index (χ1v) is 12.9. The number of fused-ring (bicyclic) bond motifs is 1. The Morgan fingerprint density at radius 1 is 1.14 bits per heavy atom. The topological polar surface area (TPSA) is 75.2 Å². The third kappa shape index (κ3) is 4.73. The highest BCUT2D eigenvalue weighted by Crippen LogP contribution is 2.33. The molecular formula is C28H27FN4O2S. The number of pyridine rings is 1. The molecule has 0 radical (unpaired) electrons. The normalized spacial score (nSPS) is 17.8. The minimum absolute atomic E-state index is 0.156. The molecule has 1 fully saturated rings. The summed E-state index contributed by atoms with van der Waals surface area (Å²) < 4.78 is 13.5. The smallest absolute Gasteiger partial charge is 0.274 e. The van der Waals surface area contributed by atoms with Crippen LogP contribution in [0.5, 0.6) is 0 Å². The quantitative estimate of drug-likeness (QED) is 0.392. The first kappa shape index (κ1) is 24.1. The van der Waals surface area contributed by atoms with Gasteiger partial charge in [0.25, 0.3) is 11.8 Å². The van der Waals surface area contributed by atoms with Crippen LogP contribution in [0.2, 0.25) is 0 Å². The molecule has 1 N–H and O–H groups in total. The zero-order valence-corrected chi connectivity index (χ0v) is 21.0. The number of likely N-dealkylation sites (tertiary alicyclic amines) is 1. The molecule has 2 unspecified atom stereocenters. The molecule has 2 atom stereocenters. The minimum Gasteiger partial charge on any atom is -0.350 e. The largest absolute Gasteiger partial charge is 0.350 e. The van der Waals surface area contributed by atoms with Gasteiger partial charge in [-0.05, 0) is 55.5 Å². The summed E-state index contributed by atoms with van der Waals surface area (Å²) in [6.45, 7) is 4.91. The monoisotopic (exact) mass is 502 g/mol. The van der Waals surface area contributed by atoms with Crippen LogP contribution in [0, 0.1) is 18.7 Å². The van der Waals surface area contributed by atoms with Crippen LogP contribution in [-0.4, -0.2) is 45.8 Å². The van der Waals surface area contributed by atoms with Gasteiger partial charge in [-0.15, -0.1) is 11.3 Å². The van der Waals surface area contributed by atoms with Crippen molar-refractivity contribution in [1.82, 2.24) is 20.2 Å². The number of thiazole rings is 1. The van der Waals surface area contributed by atoms with E-state index >= 15 is 0 Å². The van der Waals surface area contributed by atoms with Crippen LogP contribution in [0.4, 0.5) is 4.39 Å². The summed E-state index contributed by atoms with van der Waals surface area (Å²) in [6, 6.07) is 15.3. The second-order valence-electron chi connectivity index (χ2n) is 9.19. The van der Waals surface area contributed by atoms with E-state index in [1.165, 1.54) is 23.5 Å². The number of amides is 2. The van der Waals surface area contributed by atoms with E-state index in [-0.39, 0.29) is 29.6 Å². The summed E-state index contributed by atoms with van der Waals surface area (Å²) in [7, 11) is 0. The van der Waals surface area contributed by atoms with Crippen molar-refractivity contribution in [1.29, 1.82) is 0 Å². The number of halogens is 1. The van der Waals surface area contributed by atoms with Crippen LogP contribution in [0.1, 0.15) is 45.6 Å². The lowest BCUT2D eigenvalue weighted by atomic mass is 9.90. The predicted octanol–water partition coefficient (Wildman–Crippen LogP) is 5.48. The lowest BCUT2D eigenvalue weighted by Gasteiger charge is -2.40. The van der Waals surface area contributed by atoms with E-state index in [0.717, 1.165) is 33.7 Å². The molecule has 0 saturated carbocycles. The van der Waals surface area contributed by atoms with Crippen molar-refractivity contribution in [2.75, 3.05) is 13.1 Å². The van der Waals surface area contributed by atoms with Crippen molar-refractivity contribution >= 4 is 34.1 Å². The number of nitrogens with zero attached hydrogens (tertiary/aromatic N) is 3. The van der Waals surface area contributed by atoms with Gasteiger partial charge in [-0.2, -0.15) is 0 Å². The van der Waals surface area contributed by atoms with Gasteiger partial charge in [0.2, 0.25) is 0 Å². The highest BCUT2D eigenvalue weighted by molar-refractivity contribution is 7.15. The molecule has 2 aromatic heterocycles. The van der Waals surface area contributed by atoms with Crippen molar-refractivity contribution in [2.24, 2.45) is 5.92 Å². The average molecular weight is 503 g/mol. The van der Waals surface area contributed by atoms with Gasteiger partial charge in [-0.3, -0.25) is 14.6 Å². The first-order chi connectivity index (χ1) is 17.4. The molecule has 2 aromatic carbocycles. The van der Waals surface area contributed by atoms with E-state index in [0.29, 0.717) is 29.9 Å². The molecule has 4 aromatic rings. The third-order valence-electron chi connectivity index (χ3n) is 6.77. The molecule has 2 amide bonds. The second-order valence-corrected chi connectivity index (χ2v) is 10.4. The van der Waals surface area contributed by atoms with Crippen LogP contribution in [0.3, 0.4) is 0 Å². The van der Waals surface area contributed by atoms with Crippen LogP contribution in [0.15, 0.2) is 60.8 Å². The molecule has 1 aliphatic rings. The molecule has 8 heteroatoms. The number of carbonyl (C=O) groups is 2. The number of aryl methyl sites for hydroxylation is 1. The molecule has 36 heavy (non-hydrogen) atoms. The summed E-state index contributed by atoms with van der Waals surface area (Å²) in [5.41, 5.74) is 2.32. The molecule has 184 valence electrons. The number of rotatable bonds is 5. The number of hydrogen-bond acceptors (Lipinski definition) is 5. The predicted molar refractivity (Wildman–Crippen MR) is 140 cm³/mol. The minimum atomic E-state index is -0.324. The molecule has 0 spiro atoms. The van der Waals surface area contributed by atoms with E-state index < -0.39 is 0 Å². The Hall–Kier alpha value is -3.65. The van der Waals surface area contributed by atoms with Crippen molar-refractivity contribution < 1.29 is 14.0 Å². The Kier molecular flexibility index (Phi) is 6.78. The fourth-order valence-corrected chi connectivity index (χ4v) is 5.81. The van der Waals surface area contributed by atoms with E-state index in [4.69, 9.17) is 0 Å². The van der Waals surface area contributed by atoms with E-state index in [1.54, 1.807) is 24.4 Å². The van der Waals surface area contributed by atoms with Crippen LogP contribution in [-0.2, 0) is 0 Å². The van der Waals surface area contributed by atoms with Crippen LogP contribution < -0.4 is 5.32 Å². The SMILES string of the molecule is Cc1nc(C(=O)N2CCCC(C)C2CNC(=O)c2cccc3cccnc23)c(-c2ccc(F)cc2)s1. The standard InChI is InChI=1S/C28H27FN4O2S/c1-17-6-5-15-33(28(35)25-26(36-18(2)32-25)20-10-12-21(29)13-11-20)23(17)16-31-27(34)22-9-3-7-19-8-4-14-30-24(19)22/h3-4,7-14,17,23H,5-6,15-16H2,1-2H3,(H,31,34). The summed E-state index contributed by atoms with van der Waals surface area (Å²) in [6.07, 6.45) is 3.54. The Balaban J connectivity index is 1.38. The van der Waals surface area contributed by atoms with Gasteiger partial charge >= 0.3 is 0 Å². The number of benzene rings is 2. The van der Waals surface area contributed by atoms with Crippen molar-refractivity contribution in [2.45, 2.75) is 32.7 Å². The number of carbonyl (C=O) groups excluding carboxylic acids is 2. The van der Waals surface area contributed by atoms with Gasteiger partial charge in [-0.25, -0.2) is 9.37 Å². The van der Waals surface area contributed by atoms with Gasteiger partial charge in [0.05, 0.1) is 27.0 Å². The highest BCUT2D eigenvalue weighted by Gasteiger charge is 2.35. The molecule has 3 heterocycles. The fraction of sp³-hybridized carbons (Fsp3) is 0.286. The summed E-state index contributed by atoms with van der Waals surface area (Å²) in [5, 5.41) is 4.73. The highest BCUT2D eigenvalue weighted by atomic mass is 32.1. The maximum absolute atomic E-state index is 13.8. The molecule has 6 nitrogen and oxygen atoms in total. The number of hydrogen-bond donors (Lipinski definition) is 1. The number of nitrogens with one attached hydrogen (secondary N) is 1. The molecule has 1 aliphatic heterocycles. The van der Waals surface area contributed by atoms with Gasteiger partial charge in [0, 0.05) is 24.7 Å².